The first-order valence-electron chi connectivity index (χ1n) is 8.42. The predicted octanol–water partition coefficient (Wildman–Crippen LogP) is 3.87. The summed E-state index contributed by atoms with van der Waals surface area (Å²) in [6.07, 6.45) is 3.31. The molecule has 0 N–H and O–H groups in total. The number of carbonyl (C=O) groups is 2. The van der Waals surface area contributed by atoms with E-state index in [-0.39, 0.29) is 11.1 Å². The third-order valence-corrected chi connectivity index (χ3v) is 4.38. The van der Waals surface area contributed by atoms with Crippen molar-refractivity contribution in [2.24, 2.45) is 0 Å². The molecule has 0 aromatic heterocycles. The summed E-state index contributed by atoms with van der Waals surface area (Å²) in [7, 11) is 3.20. The van der Waals surface area contributed by atoms with Crippen molar-refractivity contribution in [3.05, 3.63) is 69.8 Å². The first-order chi connectivity index (χ1) is 12.9. The average Bonchev–Trinajstić information content (AvgIpc) is 2.89. The maximum Gasteiger partial charge on any atom is 0.346 e. The van der Waals surface area contributed by atoms with Crippen molar-refractivity contribution in [3.63, 3.8) is 0 Å². The number of carbonyl (C=O) groups excluding carboxylic acids is 2. The number of cyclic esters (lactones) is 2. The molecule has 0 aliphatic carbocycles. The highest BCUT2D eigenvalue weighted by molar-refractivity contribution is 6.22. The minimum absolute atomic E-state index is 0.234. The van der Waals surface area contributed by atoms with Crippen molar-refractivity contribution in [1.82, 2.24) is 0 Å². The molecule has 1 aliphatic heterocycles. The van der Waals surface area contributed by atoms with E-state index in [2.05, 4.69) is 0 Å². The van der Waals surface area contributed by atoms with E-state index in [1.807, 2.05) is 50.2 Å². The molecule has 0 spiro atoms. The van der Waals surface area contributed by atoms with Gasteiger partial charge in [-0.1, -0.05) is 12.1 Å². The summed E-state index contributed by atoms with van der Waals surface area (Å²) in [5.41, 5.74) is 3.90. The van der Waals surface area contributed by atoms with Crippen LogP contribution in [0.25, 0.3) is 12.2 Å². The van der Waals surface area contributed by atoms with E-state index in [0.29, 0.717) is 0 Å². The van der Waals surface area contributed by atoms with Crippen LogP contribution >= 0.6 is 0 Å². The summed E-state index contributed by atoms with van der Waals surface area (Å²) in [6.45, 7) is 3.83. The molecule has 0 atom stereocenters. The molecule has 3 rings (SSSR count). The number of hydrogen-bond acceptors (Lipinski definition) is 5. The van der Waals surface area contributed by atoms with Crippen molar-refractivity contribution in [2.45, 2.75) is 13.8 Å². The third-order valence-electron chi connectivity index (χ3n) is 4.38. The molecule has 1 aliphatic rings. The zero-order chi connectivity index (χ0) is 19.6. The van der Waals surface area contributed by atoms with Gasteiger partial charge in [-0.15, -0.1) is 0 Å². The Balaban J connectivity index is 2.03. The van der Waals surface area contributed by atoms with Crippen LogP contribution in [0.5, 0.6) is 11.5 Å². The molecule has 27 heavy (non-hydrogen) atoms. The Morgan fingerprint density at radius 1 is 0.741 bits per heavy atom. The molecule has 2 aromatic rings. The van der Waals surface area contributed by atoms with E-state index in [9.17, 15) is 9.59 Å². The maximum atomic E-state index is 12.2. The fraction of sp³-hybridized carbons (Fsp3) is 0.182. The Labute approximate surface area is 157 Å². The van der Waals surface area contributed by atoms with Crippen molar-refractivity contribution < 1.29 is 23.8 Å². The Morgan fingerprint density at radius 2 is 1.15 bits per heavy atom. The minimum atomic E-state index is -0.648. The number of hydrogen-bond donors (Lipinski definition) is 0. The summed E-state index contributed by atoms with van der Waals surface area (Å²) in [6, 6.07) is 11.1. The molecular weight excluding hydrogens is 344 g/mol. The number of rotatable bonds is 4. The van der Waals surface area contributed by atoms with Gasteiger partial charge < -0.3 is 14.2 Å². The van der Waals surface area contributed by atoms with Gasteiger partial charge in [0.15, 0.2) is 0 Å². The van der Waals surface area contributed by atoms with Crippen LogP contribution in [0.2, 0.25) is 0 Å². The van der Waals surface area contributed by atoms with E-state index in [1.54, 1.807) is 26.4 Å². The van der Waals surface area contributed by atoms with Crippen molar-refractivity contribution in [1.29, 1.82) is 0 Å². The Kier molecular flexibility index (Phi) is 5.12. The quantitative estimate of drug-likeness (QED) is 0.468. The topological polar surface area (TPSA) is 61.8 Å². The number of benzene rings is 2. The monoisotopic (exact) mass is 364 g/mol. The second kappa shape index (κ2) is 7.50. The Bertz CT molecular complexity index is 903. The summed E-state index contributed by atoms with van der Waals surface area (Å²) < 4.78 is 15.3. The lowest BCUT2D eigenvalue weighted by Crippen LogP contribution is -1.97. The van der Waals surface area contributed by atoms with Crippen molar-refractivity contribution >= 4 is 24.1 Å². The molecular formula is C22H20O5. The summed E-state index contributed by atoms with van der Waals surface area (Å²) >= 11 is 0. The normalized spacial score (nSPS) is 16.7. The molecule has 2 aromatic carbocycles. The van der Waals surface area contributed by atoms with Gasteiger partial charge in [-0.05, 0) is 72.5 Å². The highest BCUT2D eigenvalue weighted by Gasteiger charge is 2.33. The van der Waals surface area contributed by atoms with Gasteiger partial charge in [0.25, 0.3) is 0 Å². The zero-order valence-electron chi connectivity index (χ0n) is 15.7. The van der Waals surface area contributed by atoms with Crippen LogP contribution < -0.4 is 9.47 Å². The van der Waals surface area contributed by atoms with Gasteiger partial charge >= 0.3 is 11.9 Å². The summed E-state index contributed by atoms with van der Waals surface area (Å²) in [4.78, 5) is 24.3. The van der Waals surface area contributed by atoms with Gasteiger partial charge in [0, 0.05) is 0 Å². The molecule has 0 amide bonds. The second-order valence-corrected chi connectivity index (χ2v) is 6.25. The van der Waals surface area contributed by atoms with Crippen LogP contribution in [0.1, 0.15) is 22.3 Å². The summed E-state index contributed by atoms with van der Waals surface area (Å²) in [5.74, 6) is 0.216. The maximum absolute atomic E-state index is 12.2. The number of ether oxygens (including phenoxy) is 3. The first-order valence-corrected chi connectivity index (χ1v) is 8.42. The summed E-state index contributed by atoms with van der Waals surface area (Å²) in [5, 5.41) is 0. The highest BCUT2D eigenvalue weighted by Crippen LogP contribution is 2.29. The van der Waals surface area contributed by atoms with E-state index >= 15 is 0 Å². The second-order valence-electron chi connectivity index (χ2n) is 6.25. The van der Waals surface area contributed by atoms with E-state index in [4.69, 9.17) is 14.2 Å². The van der Waals surface area contributed by atoms with E-state index < -0.39 is 11.9 Å². The molecule has 0 bridgehead atoms. The van der Waals surface area contributed by atoms with Crippen LogP contribution in [0.15, 0.2) is 47.5 Å². The van der Waals surface area contributed by atoms with Gasteiger partial charge in [0.05, 0.1) is 25.4 Å². The van der Waals surface area contributed by atoms with Crippen LogP contribution in [0, 0.1) is 13.8 Å². The standard InChI is InChI=1S/C22H20O5/c1-13-9-15(5-7-19(13)25-3)11-17-18(22(24)27-21(17)23)12-16-6-8-20(26-4)14(2)10-16/h5-12H,1-4H3/b17-11-,18-12-. The minimum Gasteiger partial charge on any atom is -0.496 e. The third kappa shape index (κ3) is 3.77. The Hall–Kier alpha value is -3.34. The highest BCUT2D eigenvalue weighted by atomic mass is 16.6. The zero-order valence-corrected chi connectivity index (χ0v) is 15.7. The lowest BCUT2D eigenvalue weighted by atomic mass is 10.0. The van der Waals surface area contributed by atoms with Crippen LogP contribution in [0.4, 0.5) is 0 Å². The number of esters is 2. The largest absolute Gasteiger partial charge is 0.496 e. The van der Waals surface area contributed by atoms with E-state index in [1.165, 1.54) is 0 Å². The number of methoxy groups -OCH3 is 2. The van der Waals surface area contributed by atoms with Crippen LogP contribution in [-0.4, -0.2) is 26.2 Å². The molecule has 0 saturated carbocycles. The van der Waals surface area contributed by atoms with Crippen LogP contribution in [-0.2, 0) is 14.3 Å². The SMILES string of the molecule is COc1ccc(/C=C2\C(=O)OC(=O)\C2=C/c2ccc(OC)c(C)c2)cc1C. The van der Waals surface area contributed by atoms with Gasteiger partial charge in [-0.2, -0.15) is 0 Å². The van der Waals surface area contributed by atoms with Crippen molar-refractivity contribution in [2.75, 3.05) is 14.2 Å². The molecule has 1 fully saturated rings. The molecule has 1 saturated heterocycles. The van der Waals surface area contributed by atoms with Gasteiger partial charge in [0.1, 0.15) is 11.5 Å². The molecule has 0 unspecified atom stereocenters. The fourth-order valence-corrected chi connectivity index (χ4v) is 3.00. The fourth-order valence-electron chi connectivity index (χ4n) is 3.00. The van der Waals surface area contributed by atoms with Gasteiger partial charge in [-0.3, -0.25) is 0 Å². The molecule has 5 nitrogen and oxygen atoms in total. The molecule has 0 radical (unpaired) electrons. The Morgan fingerprint density at radius 3 is 1.48 bits per heavy atom. The van der Waals surface area contributed by atoms with Crippen LogP contribution in [0.3, 0.4) is 0 Å². The van der Waals surface area contributed by atoms with Crippen molar-refractivity contribution in [3.8, 4) is 11.5 Å². The molecule has 138 valence electrons. The molecule has 5 heteroatoms. The first kappa shape index (κ1) is 18.5. The number of aryl methyl sites for hydroxylation is 2. The molecule has 1 heterocycles. The van der Waals surface area contributed by atoms with Gasteiger partial charge in [0.2, 0.25) is 0 Å². The van der Waals surface area contributed by atoms with Gasteiger partial charge in [-0.25, -0.2) is 9.59 Å². The predicted molar refractivity (Wildman–Crippen MR) is 103 cm³/mol. The average molecular weight is 364 g/mol. The smallest absolute Gasteiger partial charge is 0.346 e. The lowest BCUT2D eigenvalue weighted by Gasteiger charge is -2.06. The lowest BCUT2D eigenvalue weighted by molar-refractivity contribution is -0.149. The van der Waals surface area contributed by atoms with E-state index in [0.717, 1.165) is 33.8 Å².